The summed E-state index contributed by atoms with van der Waals surface area (Å²) >= 11 is 0. The van der Waals surface area contributed by atoms with Crippen LogP contribution in [0.4, 0.5) is 17.3 Å². The lowest BCUT2D eigenvalue weighted by Crippen LogP contribution is -2.16. The summed E-state index contributed by atoms with van der Waals surface area (Å²) in [6.07, 6.45) is 1.05. The summed E-state index contributed by atoms with van der Waals surface area (Å²) in [7, 11) is 3.51. The SMILES string of the molecule is CNc1cc(N2CCc3ccccc32)nc(COC)n1. The number of hydrogen-bond donors (Lipinski definition) is 1. The molecule has 0 amide bonds. The minimum absolute atomic E-state index is 0.415. The fourth-order valence-electron chi connectivity index (χ4n) is 2.52. The summed E-state index contributed by atoms with van der Waals surface area (Å²) < 4.78 is 5.14. The van der Waals surface area contributed by atoms with E-state index in [1.165, 1.54) is 11.3 Å². The van der Waals surface area contributed by atoms with Crippen molar-refractivity contribution in [1.29, 1.82) is 0 Å². The fourth-order valence-corrected chi connectivity index (χ4v) is 2.52. The molecular weight excluding hydrogens is 252 g/mol. The van der Waals surface area contributed by atoms with Gasteiger partial charge in [-0.15, -0.1) is 0 Å². The van der Waals surface area contributed by atoms with E-state index in [0.29, 0.717) is 12.4 Å². The Hall–Kier alpha value is -2.14. The number of benzene rings is 1. The third kappa shape index (κ3) is 2.32. The van der Waals surface area contributed by atoms with Gasteiger partial charge in [-0.2, -0.15) is 0 Å². The average Bonchev–Trinajstić information content (AvgIpc) is 2.91. The quantitative estimate of drug-likeness (QED) is 0.924. The second kappa shape index (κ2) is 5.46. The van der Waals surface area contributed by atoms with E-state index in [4.69, 9.17) is 4.74 Å². The Morgan fingerprint density at radius 2 is 2.15 bits per heavy atom. The van der Waals surface area contributed by atoms with Crippen LogP contribution < -0.4 is 10.2 Å². The van der Waals surface area contributed by atoms with Crippen LogP contribution in [0.3, 0.4) is 0 Å². The first-order valence-corrected chi connectivity index (χ1v) is 6.72. The highest BCUT2D eigenvalue weighted by Gasteiger charge is 2.21. The van der Waals surface area contributed by atoms with Crippen molar-refractivity contribution in [3.63, 3.8) is 0 Å². The van der Waals surface area contributed by atoms with Crippen molar-refractivity contribution in [2.24, 2.45) is 0 Å². The van der Waals surface area contributed by atoms with Crippen LogP contribution in [0.25, 0.3) is 0 Å². The molecule has 1 aliphatic heterocycles. The molecule has 1 aliphatic rings. The van der Waals surface area contributed by atoms with Crippen molar-refractivity contribution >= 4 is 17.3 Å². The number of nitrogens with one attached hydrogen (secondary N) is 1. The summed E-state index contributed by atoms with van der Waals surface area (Å²) in [6, 6.07) is 10.4. The van der Waals surface area contributed by atoms with Crippen LogP contribution in [0.1, 0.15) is 11.4 Å². The maximum Gasteiger partial charge on any atom is 0.158 e. The first-order valence-electron chi connectivity index (χ1n) is 6.72. The number of fused-ring (bicyclic) bond motifs is 1. The van der Waals surface area contributed by atoms with Crippen molar-refractivity contribution < 1.29 is 4.74 Å². The normalized spacial score (nSPS) is 13.4. The van der Waals surface area contributed by atoms with Gasteiger partial charge in [-0.3, -0.25) is 0 Å². The topological polar surface area (TPSA) is 50.3 Å². The van der Waals surface area contributed by atoms with E-state index >= 15 is 0 Å². The van der Waals surface area contributed by atoms with Crippen LogP contribution in [-0.2, 0) is 17.8 Å². The molecule has 0 unspecified atom stereocenters. The van der Waals surface area contributed by atoms with E-state index in [1.54, 1.807) is 7.11 Å². The number of ether oxygens (including phenoxy) is 1. The second-order valence-corrected chi connectivity index (χ2v) is 4.74. The highest BCUT2D eigenvalue weighted by atomic mass is 16.5. The van der Waals surface area contributed by atoms with Crippen molar-refractivity contribution in [2.45, 2.75) is 13.0 Å². The van der Waals surface area contributed by atoms with Crippen LogP contribution in [0.5, 0.6) is 0 Å². The maximum atomic E-state index is 5.14. The molecule has 5 nitrogen and oxygen atoms in total. The van der Waals surface area contributed by atoms with E-state index < -0.39 is 0 Å². The van der Waals surface area contributed by atoms with Gasteiger partial charge in [0.2, 0.25) is 0 Å². The van der Waals surface area contributed by atoms with Crippen molar-refractivity contribution in [3.05, 3.63) is 41.7 Å². The van der Waals surface area contributed by atoms with Crippen molar-refractivity contribution in [3.8, 4) is 0 Å². The molecule has 2 aromatic rings. The van der Waals surface area contributed by atoms with Crippen molar-refractivity contribution in [2.75, 3.05) is 30.9 Å². The Morgan fingerprint density at radius 3 is 2.95 bits per heavy atom. The summed E-state index contributed by atoms with van der Waals surface area (Å²) in [4.78, 5) is 11.2. The molecule has 3 rings (SSSR count). The Bertz CT molecular complexity index is 615. The Labute approximate surface area is 118 Å². The zero-order valence-corrected chi connectivity index (χ0v) is 11.8. The highest BCUT2D eigenvalue weighted by Crippen LogP contribution is 2.33. The van der Waals surface area contributed by atoms with Gasteiger partial charge in [-0.25, -0.2) is 9.97 Å². The molecule has 0 atom stereocenters. The largest absolute Gasteiger partial charge is 0.377 e. The van der Waals surface area contributed by atoms with Gasteiger partial charge in [-0.1, -0.05) is 18.2 Å². The maximum absolute atomic E-state index is 5.14. The zero-order valence-electron chi connectivity index (χ0n) is 11.8. The standard InChI is InChI=1S/C15H18N4O/c1-16-13-9-15(18-14(17-13)10-20-2)19-8-7-11-5-3-4-6-12(11)19/h3-6,9H,7-8,10H2,1-2H3,(H,16,17,18). The molecule has 104 valence electrons. The molecule has 1 N–H and O–H groups in total. The van der Waals surface area contributed by atoms with Gasteiger partial charge in [-0.05, 0) is 18.1 Å². The van der Waals surface area contributed by atoms with E-state index in [2.05, 4.69) is 44.5 Å². The van der Waals surface area contributed by atoms with Gasteiger partial charge in [0.1, 0.15) is 18.2 Å². The minimum atomic E-state index is 0.415. The molecule has 0 saturated heterocycles. The molecule has 0 fully saturated rings. The molecule has 0 aliphatic carbocycles. The number of rotatable bonds is 4. The average molecular weight is 270 g/mol. The first kappa shape index (κ1) is 12.9. The molecule has 0 spiro atoms. The number of methoxy groups -OCH3 is 1. The minimum Gasteiger partial charge on any atom is -0.377 e. The van der Waals surface area contributed by atoms with Gasteiger partial charge in [0, 0.05) is 32.5 Å². The Morgan fingerprint density at radius 1 is 1.30 bits per heavy atom. The predicted molar refractivity (Wildman–Crippen MR) is 79.4 cm³/mol. The molecule has 0 bridgehead atoms. The summed E-state index contributed by atoms with van der Waals surface area (Å²) in [5.41, 5.74) is 2.60. The lowest BCUT2D eigenvalue weighted by molar-refractivity contribution is 0.178. The van der Waals surface area contributed by atoms with Crippen molar-refractivity contribution in [1.82, 2.24) is 9.97 Å². The number of anilines is 3. The van der Waals surface area contributed by atoms with Crippen LogP contribution in [0, 0.1) is 0 Å². The third-order valence-electron chi connectivity index (χ3n) is 3.45. The van der Waals surface area contributed by atoms with E-state index in [1.807, 2.05) is 13.1 Å². The van der Waals surface area contributed by atoms with E-state index in [9.17, 15) is 0 Å². The summed E-state index contributed by atoms with van der Waals surface area (Å²) in [5.74, 6) is 2.42. The molecule has 5 heteroatoms. The first-order chi connectivity index (χ1) is 9.81. The van der Waals surface area contributed by atoms with Crippen LogP contribution in [-0.4, -0.2) is 30.7 Å². The fraction of sp³-hybridized carbons (Fsp3) is 0.333. The predicted octanol–water partition coefficient (Wildman–Crippen LogP) is 2.36. The lowest BCUT2D eigenvalue weighted by atomic mass is 10.2. The number of aromatic nitrogens is 2. The Kier molecular flexibility index (Phi) is 3.52. The highest BCUT2D eigenvalue weighted by molar-refractivity contribution is 5.68. The second-order valence-electron chi connectivity index (χ2n) is 4.74. The summed E-state index contributed by atoms with van der Waals surface area (Å²) in [6.45, 7) is 1.37. The smallest absolute Gasteiger partial charge is 0.158 e. The van der Waals surface area contributed by atoms with Crippen LogP contribution in [0.15, 0.2) is 30.3 Å². The van der Waals surface area contributed by atoms with Gasteiger partial charge in [0.25, 0.3) is 0 Å². The monoisotopic (exact) mass is 270 g/mol. The lowest BCUT2D eigenvalue weighted by Gasteiger charge is -2.19. The van der Waals surface area contributed by atoms with Gasteiger partial charge >= 0.3 is 0 Å². The molecular formula is C15H18N4O. The number of hydrogen-bond acceptors (Lipinski definition) is 5. The number of para-hydroxylation sites is 1. The van der Waals surface area contributed by atoms with E-state index in [0.717, 1.165) is 24.6 Å². The van der Waals surface area contributed by atoms with Crippen LogP contribution in [0.2, 0.25) is 0 Å². The molecule has 20 heavy (non-hydrogen) atoms. The molecule has 0 saturated carbocycles. The van der Waals surface area contributed by atoms with Crippen LogP contribution >= 0.6 is 0 Å². The molecule has 1 aromatic heterocycles. The van der Waals surface area contributed by atoms with E-state index in [-0.39, 0.29) is 0 Å². The third-order valence-corrected chi connectivity index (χ3v) is 3.45. The summed E-state index contributed by atoms with van der Waals surface area (Å²) in [5, 5.41) is 3.08. The van der Waals surface area contributed by atoms with Gasteiger partial charge in [0.15, 0.2) is 5.82 Å². The van der Waals surface area contributed by atoms with Gasteiger partial charge in [0.05, 0.1) is 0 Å². The molecule has 1 aromatic carbocycles. The Balaban J connectivity index is 2.00. The molecule has 0 radical (unpaired) electrons. The molecule has 2 heterocycles. The zero-order chi connectivity index (χ0) is 13.9. The number of nitrogens with zero attached hydrogens (tertiary/aromatic N) is 3. The van der Waals surface area contributed by atoms with Gasteiger partial charge < -0.3 is 15.0 Å².